The first-order valence-electron chi connectivity index (χ1n) is 6.31. The molecule has 0 fully saturated rings. The van der Waals surface area contributed by atoms with E-state index in [4.69, 9.17) is 34.8 Å². The molecular formula is C16H13Cl3. The van der Waals surface area contributed by atoms with Crippen molar-refractivity contribution in [3.8, 4) is 0 Å². The number of benzene rings is 2. The molecule has 1 aliphatic carbocycles. The van der Waals surface area contributed by atoms with Gasteiger partial charge in [0.1, 0.15) is 0 Å². The second kappa shape index (κ2) is 5.36. The van der Waals surface area contributed by atoms with Gasteiger partial charge < -0.3 is 0 Å². The lowest BCUT2D eigenvalue weighted by Gasteiger charge is -2.16. The van der Waals surface area contributed by atoms with Gasteiger partial charge in [-0.1, -0.05) is 53.5 Å². The van der Waals surface area contributed by atoms with E-state index >= 15 is 0 Å². The Morgan fingerprint density at radius 2 is 1.63 bits per heavy atom. The standard InChI is InChI=1S/C16H13Cl3/c17-14-6-3-7-15(18)13(14)9-11-8-10-4-1-2-5-12(10)16(11)19/h1-7,11,16H,8-9H2. The molecule has 0 radical (unpaired) electrons. The van der Waals surface area contributed by atoms with Gasteiger partial charge in [0.2, 0.25) is 0 Å². The molecule has 0 amide bonds. The van der Waals surface area contributed by atoms with Gasteiger partial charge >= 0.3 is 0 Å². The van der Waals surface area contributed by atoms with Crippen molar-refractivity contribution in [3.63, 3.8) is 0 Å². The summed E-state index contributed by atoms with van der Waals surface area (Å²) in [7, 11) is 0. The van der Waals surface area contributed by atoms with E-state index in [-0.39, 0.29) is 5.38 Å². The van der Waals surface area contributed by atoms with Crippen LogP contribution in [0.5, 0.6) is 0 Å². The Bertz CT molecular complexity index is 586. The summed E-state index contributed by atoms with van der Waals surface area (Å²) in [4.78, 5) is 0. The first kappa shape index (κ1) is 13.3. The molecule has 0 N–H and O–H groups in total. The Morgan fingerprint density at radius 3 is 2.32 bits per heavy atom. The van der Waals surface area contributed by atoms with Crippen molar-refractivity contribution in [1.82, 2.24) is 0 Å². The highest BCUT2D eigenvalue weighted by Crippen LogP contribution is 2.43. The minimum atomic E-state index is 0.0449. The number of alkyl halides is 1. The van der Waals surface area contributed by atoms with Crippen molar-refractivity contribution in [2.24, 2.45) is 5.92 Å². The molecule has 0 bridgehead atoms. The van der Waals surface area contributed by atoms with Gasteiger partial charge in [-0.2, -0.15) is 0 Å². The van der Waals surface area contributed by atoms with Crippen LogP contribution in [0, 0.1) is 5.92 Å². The fourth-order valence-electron chi connectivity index (χ4n) is 2.79. The summed E-state index contributed by atoms with van der Waals surface area (Å²) in [6, 6.07) is 14.0. The fraction of sp³-hybridized carbons (Fsp3) is 0.250. The zero-order chi connectivity index (χ0) is 13.4. The van der Waals surface area contributed by atoms with Crippen LogP contribution in [0.2, 0.25) is 10.0 Å². The van der Waals surface area contributed by atoms with Crippen molar-refractivity contribution < 1.29 is 0 Å². The largest absolute Gasteiger partial charge is 0.117 e. The average molecular weight is 312 g/mol. The Balaban J connectivity index is 1.87. The second-order valence-corrected chi connectivity index (χ2v) is 6.25. The Hall–Kier alpha value is -0.690. The topological polar surface area (TPSA) is 0 Å². The minimum absolute atomic E-state index is 0.0449. The molecule has 98 valence electrons. The normalized spacial score (nSPS) is 21.4. The van der Waals surface area contributed by atoms with Crippen LogP contribution in [-0.2, 0) is 12.8 Å². The fourth-order valence-corrected chi connectivity index (χ4v) is 3.74. The Labute approximate surface area is 128 Å². The first-order valence-corrected chi connectivity index (χ1v) is 7.51. The SMILES string of the molecule is Clc1cccc(Cl)c1CC1Cc2ccccc2C1Cl. The number of rotatable bonds is 2. The summed E-state index contributed by atoms with van der Waals surface area (Å²) in [6.07, 6.45) is 1.81. The third-order valence-corrected chi connectivity index (χ3v) is 5.08. The molecule has 2 unspecified atom stereocenters. The highest BCUT2D eigenvalue weighted by Gasteiger charge is 2.31. The molecule has 3 rings (SSSR count). The number of halogens is 3. The van der Waals surface area contributed by atoms with Gasteiger partial charge in [-0.25, -0.2) is 0 Å². The van der Waals surface area contributed by atoms with Crippen molar-refractivity contribution in [3.05, 3.63) is 69.2 Å². The molecule has 0 saturated heterocycles. The van der Waals surface area contributed by atoms with E-state index in [1.165, 1.54) is 11.1 Å². The second-order valence-electron chi connectivity index (χ2n) is 4.97. The van der Waals surface area contributed by atoms with Crippen LogP contribution in [0.3, 0.4) is 0 Å². The summed E-state index contributed by atoms with van der Waals surface area (Å²) < 4.78 is 0. The summed E-state index contributed by atoms with van der Waals surface area (Å²) >= 11 is 19.1. The van der Waals surface area contributed by atoms with Gasteiger partial charge in [0.15, 0.2) is 0 Å². The lowest BCUT2D eigenvalue weighted by atomic mass is 9.96. The molecule has 0 aliphatic heterocycles. The van der Waals surface area contributed by atoms with Gasteiger partial charge in [0, 0.05) is 10.0 Å². The van der Waals surface area contributed by atoms with Gasteiger partial charge in [-0.05, 0) is 47.6 Å². The summed E-state index contributed by atoms with van der Waals surface area (Å²) in [5.41, 5.74) is 3.60. The molecule has 0 nitrogen and oxygen atoms in total. The predicted molar refractivity (Wildman–Crippen MR) is 82.4 cm³/mol. The van der Waals surface area contributed by atoms with Crippen LogP contribution in [-0.4, -0.2) is 0 Å². The summed E-state index contributed by atoms with van der Waals surface area (Å²) in [5, 5.41) is 1.50. The minimum Gasteiger partial charge on any atom is -0.117 e. The molecule has 2 aromatic rings. The van der Waals surface area contributed by atoms with Crippen LogP contribution in [0.1, 0.15) is 22.1 Å². The van der Waals surface area contributed by atoms with Crippen LogP contribution >= 0.6 is 34.8 Å². The van der Waals surface area contributed by atoms with E-state index in [9.17, 15) is 0 Å². The van der Waals surface area contributed by atoms with Crippen LogP contribution in [0.4, 0.5) is 0 Å². The van der Waals surface area contributed by atoms with Crippen LogP contribution in [0.25, 0.3) is 0 Å². The van der Waals surface area contributed by atoms with Gasteiger partial charge in [0.05, 0.1) is 5.38 Å². The molecule has 0 saturated carbocycles. The maximum atomic E-state index is 6.58. The number of fused-ring (bicyclic) bond motifs is 1. The van der Waals surface area contributed by atoms with Crippen molar-refractivity contribution >= 4 is 34.8 Å². The average Bonchev–Trinajstić information content (AvgIpc) is 2.72. The third kappa shape index (κ3) is 2.50. The molecule has 3 heteroatoms. The van der Waals surface area contributed by atoms with Crippen molar-refractivity contribution in [2.75, 3.05) is 0 Å². The maximum Gasteiger partial charge on any atom is 0.0622 e. The van der Waals surface area contributed by atoms with E-state index in [0.29, 0.717) is 5.92 Å². The van der Waals surface area contributed by atoms with Gasteiger partial charge in [0.25, 0.3) is 0 Å². The van der Waals surface area contributed by atoms with E-state index < -0.39 is 0 Å². The monoisotopic (exact) mass is 310 g/mol. The Kier molecular flexibility index (Phi) is 3.75. The molecule has 1 aliphatic rings. The molecule has 0 aromatic heterocycles. The molecule has 0 spiro atoms. The number of hydrogen-bond acceptors (Lipinski definition) is 0. The smallest absolute Gasteiger partial charge is 0.0622 e. The van der Waals surface area contributed by atoms with Gasteiger partial charge in [-0.15, -0.1) is 11.6 Å². The molecule has 2 aromatic carbocycles. The lowest BCUT2D eigenvalue weighted by Crippen LogP contribution is -2.07. The third-order valence-electron chi connectivity index (χ3n) is 3.78. The van der Waals surface area contributed by atoms with Crippen LogP contribution < -0.4 is 0 Å². The maximum absolute atomic E-state index is 6.58. The highest BCUT2D eigenvalue weighted by atomic mass is 35.5. The Morgan fingerprint density at radius 1 is 0.947 bits per heavy atom. The predicted octanol–water partition coefficient (Wildman–Crippen LogP) is 5.69. The van der Waals surface area contributed by atoms with Crippen LogP contribution in [0.15, 0.2) is 42.5 Å². The van der Waals surface area contributed by atoms with E-state index in [1.54, 1.807) is 0 Å². The zero-order valence-electron chi connectivity index (χ0n) is 10.2. The van der Waals surface area contributed by atoms with E-state index in [2.05, 4.69) is 18.2 Å². The van der Waals surface area contributed by atoms with Crippen molar-refractivity contribution in [1.29, 1.82) is 0 Å². The molecule has 0 heterocycles. The van der Waals surface area contributed by atoms with Crippen molar-refractivity contribution in [2.45, 2.75) is 18.2 Å². The molecule has 19 heavy (non-hydrogen) atoms. The summed E-state index contributed by atoms with van der Waals surface area (Å²) in [6.45, 7) is 0. The molecular weight excluding hydrogens is 299 g/mol. The van der Waals surface area contributed by atoms with Gasteiger partial charge in [-0.3, -0.25) is 0 Å². The highest BCUT2D eigenvalue weighted by molar-refractivity contribution is 6.36. The quantitative estimate of drug-likeness (QED) is 0.625. The zero-order valence-corrected chi connectivity index (χ0v) is 12.5. The lowest BCUT2D eigenvalue weighted by molar-refractivity contribution is 0.544. The number of hydrogen-bond donors (Lipinski definition) is 0. The van der Waals surface area contributed by atoms with E-state index in [0.717, 1.165) is 28.5 Å². The summed E-state index contributed by atoms with van der Waals surface area (Å²) in [5.74, 6) is 0.358. The first-order chi connectivity index (χ1) is 9.16. The molecule has 2 atom stereocenters. The van der Waals surface area contributed by atoms with E-state index in [1.807, 2.05) is 24.3 Å².